The number of hydrogen-bond acceptors (Lipinski definition) is 7. The van der Waals surface area contributed by atoms with Gasteiger partial charge in [-0.15, -0.1) is 11.3 Å². The van der Waals surface area contributed by atoms with E-state index in [2.05, 4.69) is 17.2 Å². The third-order valence-corrected chi connectivity index (χ3v) is 6.96. The van der Waals surface area contributed by atoms with E-state index in [0.29, 0.717) is 6.54 Å². The minimum atomic E-state index is -5.08. The number of anilines is 1. The fourth-order valence-corrected chi connectivity index (χ4v) is 4.98. The number of fused-ring (bicyclic) bond motifs is 1. The van der Waals surface area contributed by atoms with Crippen molar-refractivity contribution in [2.45, 2.75) is 31.9 Å². The Hall–Kier alpha value is -3.19. The Labute approximate surface area is 209 Å². The number of carboxylic acids is 1. The van der Waals surface area contributed by atoms with E-state index >= 15 is 0 Å². The van der Waals surface area contributed by atoms with E-state index in [1.54, 1.807) is 11.3 Å². The Morgan fingerprint density at radius 3 is 2.50 bits per heavy atom. The van der Waals surface area contributed by atoms with Gasteiger partial charge in [-0.1, -0.05) is 0 Å². The van der Waals surface area contributed by atoms with Crippen LogP contribution >= 0.6 is 11.3 Å². The van der Waals surface area contributed by atoms with Crippen LogP contribution in [0.25, 0.3) is 5.65 Å². The number of aryl methyl sites for hydroxylation is 1. The molecule has 2 saturated heterocycles. The lowest BCUT2D eigenvalue weighted by Gasteiger charge is -2.31. The van der Waals surface area contributed by atoms with Gasteiger partial charge in [-0.05, 0) is 44.0 Å². The lowest BCUT2D eigenvalue weighted by atomic mass is 9.97. The van der Waals surface area contributed by atoms with Crippen LogP contribution < -0.4 is 4.90 Å². The number of carboxylic acid groups (broad SMARTS) is 1. The van der Waals surface area contributed by atoms with Crippen LogP contribution in [0.1, 0.15) is 39.1 Å². The number of ether oxygens (including phenoxy) is 1. The number of carbonyl (C=O) groups is 2. The largest absolute Gasteiger partial charge is 0.490 e. The highest BCUT2D eigenvalue weighted by molar-refractivity contribution is 7.13. The van der Waals surface area contributed by atoms with Gasteiger partial charge in [0.15, 0.2) is 11.5 Å². The predicted molar refractivity (Wildman–Crippen MR) is 127 cm³/mol. The number of alkyl halides is 3. The number of halogens is 3. The molecule has 2 aliphatic rings. The molecule has 13 heteroatoms. The molecule has 5 heterocycles. The number of hydrogen-bond donors (Lipinski definition) is 1. The second kappa shape index (κ2) is 10.8. The van der Waals surface area contributed by atoms with Gasteiger partial charge in [-0.2, -0.15) is 18.3 Å². The standard InChI is InChI=1S/C21H25N5O2S.C2HF3O2/c1-15-4-6-18(29-15)21(27)25-8-2-3-16(13-25)20-22-19-7-5-17(14-26(19)23-20)24-9-11-28-12-10-24;3-2(4,5)1(6)7/h4-7,14,16H,2-3,8-13H2,1H3;(H,6,7). The first-order chi connectivity index (χ1) is 17.1. The number of carbonyl (C=O) groups excluding carboxylic acids is 1. The predicted octanol–water partition coefficient (Wildman–Crippen LogP) is 3.59. The van der Waals surface area contributed by atoms with E-state index in [1.807, 2.05) is 34.5 Å². The molecule has 2 aliphatic heterocycles. The molecule has 0 spiro atoms. The van der Waals surface area contributed by atoms with Crippen molar-refractivity contribution in [3.05, 3.63) is 46.0 Å². The van der Waals surface area contributed by atoms with Gasteiger partial charge in [0, 0.05) is 37.0 Å². The van der Waals surface area contributed by atoms with Crippen LogP contribution in [-0.2, 0) is 9.53 Å². The van der Waals surface area contributed by atoms with Gasteiger partial charge >= 0.3 is 12.1 Å². The summed E-state index contributed by atoms with van der Waals surface area (Å²) in [5.74, 6) is -1.61. The van der Waals surface area contributed by atoms with Gasteiger partial charge in [-0.3, -0.25) is 4.79 Å². The van der Waals surface area contributed by atoms with Crippen molar-refractivity contribution in [2.24, 2.45) is 0 Å². The Morgan fingerprint density at radius 2 is 1.86 bits per heavy atom. The smallest absolute Gasteiger partial charge is 0.475 e. The van der Waals surface area contributed by atoms with Gasteiger partial charge in [0.1, 0.15) is 0 Å². The van der Waals surface area contributed by atoms with Crippen molar-refractivity contribution in [3.63, 3.8) is 0 Å². The molecule has 0 aromatic carbocycles. The van der Waals surface area contributed by atoms with Crippen LogP contribution in [0, 0.1) is 6.92 Å². The Bertz CT molecular complexity index is 1220. The van der Waals surface area contributed by atoms with Crippen molar-refractivity contribution >= 4 is 34.5 Å². The molecule has 0 aliphatic carbocycles. The van der Waals surface area contributed by atoms with Crippen LogP contribution in [0.15, 0.2) is 30.5 Å². The van der Waals surface area contributed by atoms with Crippen molar-refractivity contribution in [1.82, 2.24) is 19.5 Å². The van der Waals surface area contributed by atoms with Gasteiger partial charge in [-0.25, -0.2) is 14.3 Å². The number of rotatable bonds is 3. The molecule has 0 saturated carbocycles. The van der Waals surface area contributed by atoms with Crippen molar-refractivity contribution < 1.29 is 32.6 Å². The number of aromatic nitrogens is 3. The molecule has 36 heavy (non-hydrogen) atoms. The summed E-state index contributed by atoms with van der Waals surface area (Å²) in [4.78, 5) is 32.8. The third kappa shape index (κ3) is 6.13. The van der Waals surface area contributed by atoms with E-state index in [1.165, 1.54) is 4.88 Å². The first-order valence-corrected chi connectivity index (χ1v) is 12.3. The van der Waals surface area contributed by atoms with Crippen molar-refractivity contribution in [3.8, 4) is 0 Å². The summed E-state index contributed by atoms with van der Waals surface area (Å²) in [7, 11) is 0. The lowest BCUT2D eigenvalue weighted by Crippen LogP contribution is -2.39. The zero-order valence-corrected chi connectivity index (χ0v) is 20.4. The van der Waals surface area contributed by atoms with Crippen LogP contribution in [0.2, 0.25) is 0 Å². The maximum atomic E-state index is 12.9. The van der Waals surface area contributed by atoms with Crippen LogP contribution in [0.4, 0.5) is 18.9 Å². The number of piperidine rings is 1. The van der Waals surface area contributed by atoms with Gasteiger partial charge < -0.3 is 19.6 Å². The summed E-state index contributed by atoms with van der Waals surface area (Å²) in [5, 5.41) is 11.9. The molecular formula is C23H26F3N5O4S. The molecule has 0 bridgehead atoms. The number of pyridine rings is 1. The molecule has 1 atom stereocenters. The van der Waals surface area contributed by atoms with Gasteiger partial charge in [0.25, 0.3) is 5.91 Å². The van der Waals surface area contributed by atoms with Crippen LogP contribution in [-0.4, -0.2) is 82.1 Å². The summed E-state index contributed by atoms with van der Waals surface area (Å²) >= 11 is 1.57. The van der Waals surface area contributed by atoms with Crippen LogP contribution in [0.5, 0.6) is 0 Å². The second-order valence-electron chi connectivity index (χ2n) is 8.56. The molecule has 3 aromatic rings. The van der Waals surface area contributed by atoms with E-state index in [0.717, 1.165) is 67.7 Å². The Balaban J connectivity index is 0.000000384. The molecule has 194 valence electrons. The fraction of sp³-hybridized carbons (Fsp3) is 0.478. The first-order valence-electron chi connectivity index (χ1n) is 11.5. The monoisotopic (exact) mass is 525 g/mol. The Kier molecular flexibility index (Phi) is 7.79. The maximum absolute atomic E-state index is 12.9. The maximum Gasteiger partial charge on any atom is 0.490 e. The number of likely N-dealkylation sites (tertiary alicyclic amines) is 1. The summed E-state index contributed by atoms with van der Waals surface area (Å²) in [6.45, 7) is 6.84. The zero-order valence-electron chi connectivity index (χ0n) is 19.6. The quantitative estimate of drug-likeness (QED) is 0.558. The fourth-order valence-electron chi connectivity index (χ4n) is 4.15. The first kappa shape index (κ1) is 25.9. The molecule has 1 N–H and O–H groups in total. The summed E-state index contributed by atoms with van der Waals surface area (Å²) in [6, 6.07) is 8.08. The summed E-state index contributed by atoms with van der Waals surface area (Å²) < 4.78 is 39.1. The third-order valence-electron chi connectivity index (χ3n) is 5.98. The zero-order chi connectivity index (χ0) is 25.9. The van der Waals surface area contributed by atoms with E-state index in [4.69, 9.17) is 24.7 Å². The topological polar surface area (TPSA) is 100 Å². The highest BCUT2D eigenvalue weighted by Gasteiger charge is 2.38. The molecule has 1 amide bonds. The summed E-state index contributed by atoms with van der Waals surface area (Å²) in [6.07, 6.45) is -1.03. The van der Waals surface area contributed by atoms with Crippen molar-refractivity contribution in [2.75, 3.05) is 44.3 Å². The number of morpholine rings is 1. The number of thiophene rings is 1. The van der Waals surface area contributed by atoms with E-state index in [-0.39, 0.29) is 11.8 Å². The molecule has 0 radical (unpaired) electrons. The molecule has 5 rings (SSSR count). The normalized spacial score (nSPS) is 18.6. The van der Waals surface area contributed by atoms with E-state index in [9.17, 15) is 18.0 Å². The van der Waals surface area contributed by atoms with Crippen molar-refractivity contribution in [1.29, 1.82) is 0 Å². The number of aliphatic carboxylic acids is 1. The minimum absolute atomic E-state index is 0.131. The van der Waals surface area contributed by atoms with Gasteiger partial charge in [0.05, 0.1) is 30.0 Å². The lowest BCUT2D eigenvalue weighted by molar-refractivity contribution is -0.192. The number of amides is 1. The minimum Gasteiger partial charge on any atom is -0.475 e. The number of nitrogens with zero attached hydrogens (tertiary/aromatic N) is 5. The summed E-state index contributed by atoms with van der Waals surface area (Å²) in [5.41, 5.74) is 2.00. The molecule has 1 unspecified atom stereocenters. The van der Waals surface area contributed by atoms with Crippen LogP contribution in [0.3, 0.4) is 0 Å². The van der Waals surface area contributed by atoms with E-state index < -0.39 is 12.1 Å². The Morgan fingerprint density at radius 1 is 1.14 bits per heavy atom. The highest BCUT2D eigenvalue weighted by Crippen LogP contribution is 2.28. The molecule has 9 nitrogen and oxygen atoms in total. The second-order valence-corrected chi connectivity index (χ2v) is 9.85. The molecule has 2 fully saturated rings. The SMILES string of the molecule is Cc1ccc(C(=O)N2CCCC(c3nc4ccc(N5CCOCC5)cn4n3)C2)s1.O=C(O)C(F)(F)F. The van der Waals surface area contributed by atoms with Gasteiger partial charge in [0.2, 0.25) is 0 Å². The average molecular weight is 526 g/mol. The molecular weight excluding hydrogens is 499 g/mol. The highest BCUT2D eigenvalue weighted by atomic mass is 32.1. The average Bonchev–Trinajstić information content (AvgIpc) is 3.50. The molecule has 3 aromatic heterocycles.